The molecule has 0 N–H and O–H groups in total. The van der Waals surface area contributed by atoms with Crippen LogP contribution in [-0.2, 0) is 16.1 Å². The molecule has 22 heavy (non-hydrogen) atoms. The van der Waals surface area contributed by atoms with E-state index in [4.69, 9.17) is 14.7 Å². The monoisotopic (exact) mass is 302 g/mol. The molecule has 6 heteroatoms. The van der Waals surface area contributed by atoms with Crippen molar-refractivity contribution in [1.82, 2.24) is 4.57 Å². The molecule has 2 aromatic rings. The lowest BCUT2D eigenvalue weighted by Gasteiger charge is -2.11. The summed E-state index contributed by atoms with van der Waals surface area (Å²) >= 11 is 0. The zero-order chi connectivity index (χ0) is 16.1. The van der Waals surface area contributed by atoms with Crippen molar-refractivity contribution >= 4 is 5.97 Å². The number of hydrogen-bond acceptors (Lipinski definition) is 4. The summed E-state index contributed by atoms with van der Waals surface area (Å²) in [7, 11) is 1.45. The molecule has 1 aromatic carbocycles. The Hall–Kier alpha value is -2.81. The van der Waals surface area contributed by atoms with Gasteiger partial charge in [-0.1, -0.05) is 0 Å². The predicted octanol–water partition coefficient (Wildman–Crippen LogP) is 2.74. The Morgan fingerprint density at radius 1 is 1.36 bits per heavy atom. The average Bonchev–Trinajstić information content (AvgIpc) is 2.89. The number of carbonyl (C=O) groups excluding carboxylic acids is 1. The first-order valence-electron chi connectivity index (χ1n) is 6.69. The van der Waals surface area contributed by atoms with E-state index >= 15 is 0 Å². The normalized spacial score (nSPS) is 10.1. The van der Waals surface area contributed by atoms with Crippen LogP contribution >= 0.6 is 0 Å². The summed E-state index contributed by atoms with van der Waals surface area (Å²) in [4.78, 5) is 11.7. The summed E-state index contributed by atoms with van der Waals surface area (Å²) in [6, 6.07) is 9.54. The second kappa shape index (κ2) is 6.76. The summed E-state index contributed by atoms with van der Waals surface area (Å²) in [5.41, 5.74) is 0.981. The second-order valence-corrected chi connectivity index (χ2v) is 4.45. The third-order valence-electron chi connectivity index (χ3n) is 3.14. The molecule has 1 aromatic heterocycles. The first-order valence-corrected chi connectivity index (χ1v) is 6.69. The fourth-order valence-electron chi connectivity index (χ4n) is 2.14. The van der Waals surface area contributed by atoms with Crippen LogP contribution in [0, 0.1) is 17.1 Å². The van der Waals surface area contributed by atoms with Gasteiger partial charge in [0.1, 0.15) is 29.9 Å². The lowest BCUT2D eigenvalue weighted by Crippen LogP contribution is -2.15. The Balaban J connectivity index is 2.45. The molecular weight excluding hydrogens is 287 g/mol. The zero-order valence-electron chi connectivity index (χ0n) is 12.3. The summed E-state index contributed by atoms with van der Waals surface area (Å²) in [5.74, 6) is -0.581. The average molecular weight is 302 g/mol. The van der Waals surface area contributed by atoms with Crippen LogP contribution in [0.4, 0.5) is 4.39 Å². The molecule has 0 radical (unpaired) electrons. The minimum atomic E-state index is -0.493. The van der Waals surface area contributed by atoms with Crippen molar-refractivity contribution in [2.45, 2.75) is 13.5 Å². The van der Waals surface area contributed by atoms with Gasteiger partial charge in [0.15, 0.2) is 0 Å². The Kier molecular flexibility index (Phi) is 4.79. The molecule has 0 aliphatic heterocycles. The number of carbonyl (C=O) groups is 1. The Bertz CT molecular complexity index is 731. The number of rotatable bonds is 5. The number of methoxy groups -OCH3 is 1. The lowest BCUT2D eigenvalue weighted by molar-refractivity contribution is -0.143. The predicted molar refractivity (Wildman–Crippen MR) is 77.7 cm³/mol. The Morgan fingerprint density at radius 3 is 2.73 bits per heavy atom. The standard InChI is InChI=1S/C16H15FN2O3/c1-3-22-16(20)10-19-11(9-18)4-7-15(19)13-6-5-12(21-2)8-14(13)17/h4-8H,3,10H2,1-2H3. The third kappa shape index (κ3) is 3.09. The van der Waals surface area contributed by atoms with E-state index in [0.717, 1.165) is 0 Å². The van der Waals surface area contributed by atoms with Gasteiger partial charge in [-0.25, -0.2) is 4.39 Å². The van der Waals surface area contributed by atoms with Gasteiger partial charge in [-0.2, -0.15) is 5.26 Å². The van der Waals surface area contributed by atoms with Crippen LogP contribution in [0.3, 0.4) is 0 Å². The quantitative estimate of drug-likeness (QED) is 0.797. The molecule has 2 rings (SSSR count). The lowest BCUT2D eigenvalue weighted by atomic mass is 10.1. The SMILES string of the molecule is CCOC(=O)Cn1c(C#N)ccc1-c1ccc(OC)cc1F. The van der Waals surface area contributed by atoms with E-state index in [1.54, 1.807) is 25.1 Å². The summed E-state index contributed by atoms with van der Waals surface area (Å²) in [6.07, 6.45) is 0. The maximum Gasteiger partial charge on any atom is 0.325 e. The molecule has 0 bridgehead atoms. The number of aromatic nitrogens is 1. The summed E-state index contributed by atoms with van der Waals surface area (Å²) in [6.45, 7) is 1.79. The van der Waals surface area contributed by atoms with Crippen LogP contribution in [-0.4, -0.2) is 24.3 Å². The largest absolute Gasteiger partial charge is 0.497 e. The van der Waals surface area contributed by atoms with Gasteiger partial charge in [0.2, 0.25) is 0 Å². The number of esters is 1. The molecule has 5 nitrogen and oxygen atoms in total. The summed E-state index contributed by atoms with van der Waals surface area (Å²) in [5, 5.41) is 9.14. The van der Waals surface area contributed by atoms with Gasteiger partial charge in [-0.05, 0) is 31.2 Å². The van der Waals surface area contributed by atoms with E-state index in [-0.39, 0.29) is 24.4 Å². The van der Waals surface area contributed by atoms with Crippen LogP contribution in [0.1, 0.15) is 12.6 Å². The molecule has 0 unspecified atom stereocenters. The van der Waals surface area contributed by atoms with Crippen LogP contribution in [0.15, 0.2) is 30.3 Å². The molecule has 0 atom stereocenters. The molecule has 0 aliphatic carbocycles. The number of nitriles is 1. The van der Waals surface area contributed by atoms with Gasteiger partial charge in [0.25, 0.3) is 0 Å². The van der Waals surface area contributed by atoms with Crippen LogP contribution in [0.5, 0.6) is 5.75 Å². The van der Waals surface area contributed by atoms with Crippen molar-refractivity contribution in [3.05, 3.63) is 41.8 Å². The van der Waals surface area contributed by atoms with E-state index in [1.165, 1.54) is 23.8 Å². The van der Waals surface area contributed by atoms with E-state index in [2.05, 4.69) is 0 Å². The van der Waals surface area contributed by atoms with Crippen molar-refractivity contribution in [1.29, 1.82) is 5.26 Å². The topological polar surface area (TPSA) is 64.2 Å². The maximum atomic E-state index is 14.2. The fraction of sp³-hybridized carbons (Fsp3) is 0.250. The first-order chi connectivity index (χ1) is 10.6. The van der Waals surface area contributed by atoms with Crippen LogP contribution in [0.25, 0.3) is 11.3 Å². The molecule has 1 heterocycles. The first kappa shape index (κ1) is 15.6. The number of benzene rings is 1. The highest BCUT2D eigenvalue weighted by molar-refractivity contribution is 5.72. The van der Waals surface area contributed by atoms with Crippen molar-refractivity contribution in [3.8, 4) is 23.1 Å². The second-order valence-electron chi connectivity index (χ2n) is 4.45. The minimum absolute atomic E-state index is 0.148. The highest BCUT2D eigenvalue weighted by Crippen LogP contribution is 2.28. The number of hydrogen-bond donors (Lipinski definition) is 0. The van der Waals surface area contributed by atoms with E-state index in [0.29, 0.717) is 11.4 Å². The zero-order valence-corrected chi connectivity index (χ0v) is 12.3. The molecule has 0 amide bonds. The third-order valence-corrected chi connectivity index (χ3v) is 3.14. The smallest absolute Gasteiger partial charge is 0.325 e. The van der Waals surface area contributed by atoms with Crippen LogP contribution < -0.4 is 4.74 Å². The van der Waals surface area contributed by atoms with Gasteiger partial charge < -0.3 is 14.0 Å². The Labute approximate surface area is 127 Å². The van der Waals surface area contributed by atoms with Crippen molar-refractivity contribution < 1.29 is 18.7 Å². The summed E-state index contributed by atoms with van der Waals surface area (Å²) < 4.78 is 25.5. The van der Waals surface area contributed by atoms with Gasteiger partial charge >= 0.3 is 5.97 Å². The maximum absolute atomic E-state index is 14.2. The van der Waals surface area contributed by atoms with Gasteiger partial charge in [-0.3, -0.25) is 4.79 Å². The number of halogens is 1. The molecule has 0 spiro atoms. The molecule has 0 saturated heterocycles. The van der Waals surface area contributed by atoms with E-state index < -0.39 is 11.8 Å². The van der Waals surface area contributed by atoms with Crippen LogP contribution in [0.2, 0.25) is 0 Å². The van der Waals surface area contributed by atoms with Crippen molar-refractivity contribution in [2.24, 2.45) is 0 Å². The van der Waals surface area contributed by atoms with Crippen molar-refractivity contribution in [2.75, 3.05) is 13.7 Å². The van der Waals surface area contributed by atoms with E-state index in [1.807, 2.05) is 6.07 Å². The van der Waals surface area contributed by atoms with Gasteiger partial charge in [0, 0.05) is 11.6 Å². The molecule has 0 fully saturated rings. The number of ether oxygens (including phenoxy) is 2. The highest BCUT2D eigenvalue weighted by atomic mass is 19.1. The molecule has 0 aliphatic rings. The number of nitrogens with zero attached hydrogens (tertiary/aromatic N) is 2. The highest BCUT2D eigenvalue weighted by Gasteiger charge is 2.16. The van der Waals surface area contributed by atoms with Gasteiger partial charge in [-0.15, -0.1) is 0 Å². The molecule has 0 saturated carbocycles. The Morgan fingerprint density at radius 2 is 2.14 bits per heavy atom. The minimum Gasteiger partial charge on any atom is -0.497 e. The molecular formula is C16H15FN2O3. The van der Waals surface area contributed by atoms with Gasteiger partial charge in [0.05, 0.1) is 19.4 Å². The van der Waals surface area contributed by atoms with Crippen molar-refractivity contribution in [3.63, 3.8) is 0 Å². The fourth-order valence-corrected chi connectivity index (χ4v) is 2.14. The molecule has 114 valence electrons. The van der Waals surface area contributed by atoms with E-state index in [9.17, 15) is 9.18 Å².